The Hall–Kier alpha value is -3.83. The highest BCUT2D eigenvalue weighted by molar-refractivity contribution is 6.99. The Balaban J connectivity index is 1.57. The number of nitrogens with zero attached hydrogens (tertiary/aromatic N) is 2. The van der Waals surface area contributed by atoms with E-state index in [-0.39, 0.29) is 36.3 Å². The molecule has 1 amide bonds. The van der Waals surface area contributed by atoms with Crippen LogP contribution in [0.15, 0.2) is 84.9 Å². The van der Waals surface area contributed by atoms with Crippen LogP contribution in [0, 0.1) is 0 Å². The fourth-order valence-electron chi connectivity index (χ4n) is 6.04. The lowest BCUT2D eigenvalue weighted by Gasteiger charge is -2.44. The first kappa shape index (κ1) is 33.1. The molecular formula is C33H39F3N2O5Si. The van der Waals surface area contributed by atoms with Gasteiger partial charge >= 0.3 is 12.3 Å². The van der Waals surface area contributed by atoms with Crippen LogP contribution in [0.4, 0.5) is 18.9 Å². The number of halogens is 3. The van der Waals surface area contributed by atoms with Crippen LogP contribution in [-0.2, 0) is 18.8 Å². The van der Waals surface area contributed by atoms with Gasteiger partial charge < -0.3 is 23.7 Å². The summed E-state index contributed by atoms with van der Waals surface area (Å²) < 4.78 is 54.5. The summed E-state index contributed by atoms with van der Waals surface area (Å²) in [7, 11) is -1.59. The highest BCUT2D eigenvalue weighted by atomic mass is 28.4. The van der Waals surface area contributed by atoms with Gasteiger partial charge in [0, 0.05) is 37.9 Å². The Morgan fingerprint density at radius 1 is 0.932 bits per heavy atom. The number of esters is 1. The van der Waals surface area contributed by atoms with Crippen LogP contribution >= 0.6 is 0 Å². The highest BCUT2D eigenvalue weighted by Gasteiger charge is 2.50. The van der Waals surface area contributed by atoms with Crippen LogP contribution in [-0.4, -0.2) is 70.3 Å². The number of carbonyl (C=O) groups is 2. The van der Waals surface area contributed by atoms with Crippen molar-refractivity contribution < 1.29 is 36.7 Å². The molecule has 236 valence electrons. The Morgan fingerprint density at radius 2 is 1.52 bits per heavy atom. The van der Waals surface area contributed by atoms with Crippen molar-refractivity contribution in [3.05, 3.63) is 84.9 Å². The van der Waals surface area contributed by atoms with Crippen molar-refractivity contribution in [1.82, 2.24) is 4.90 Å². The maximum atomic E-state index is 13.7. The molecule has 2 atom stereocenters. The van der Waals surface area contributed by atoms with E-state index in [1.54, 1.807) is 17.9 Å². The zero-order valence-electron chi connectivity index (χ0n) is 25.6. The maximum absolute atomic E-state index is 13.7. The molecule has 1 aliphatic rings. The SMILES string of the molecule is COC(=O)C(CCO[Si](c1ccccc1)(c1ccccc1)C(C)(C)C)N1CCN(c2cccc(OC(F)(F)F)c2)C(C)C1=O. The van der Waals surface area contributed by atoms with Crippen LogP contribution in [0.2, 0.25) is 5.04 Å². The van der Waals surface area contributed by atoms with Gasteiger partial charge in [0.15, 0.2) is 0 Å². The predicted octanol–water partition coefficient (Wildman–Crippen LogP) is 5.13. The minimum Gasteiger partial charge on any atom is -0.467 e. The van der Waals surface area contributed by atoms with E-state index in [0.29, 0.717) is 12.2 Å². The largest absolute Gasteiger partial charge is 0.573 e. The molecule has 0 bridgehead atoms. The zero-order valence-corrected chi connectivity index (χ0v) is 26.6. The molecule has 1 aliphatic heterocycles. The van der Waals surface area contributed by atoms with Crippen LogP contribution in [0.1, 0.15) is 34.1 Å². The minimum atomic E-state index is -4.83. The van der Waals surface area contributed by atoms with E-state index in [1.807, 2.05) is 36.4 Å². The number of hydrogen-bond donors (Lipinski definition) is 0. The molecule has 0 N–H and O–H groups in total. The van der Waals surface area contributed by atoms with Gasteiger partial charge in [-0.15, -0.1) is 13.2 Å². The molecule has 3 aromatic rings. The lowest BCUT2D eigenvalue weighted by molar-refractivity contribution is -0.274. The van der Waals surface area contributed by atoms with E-state index in [4.69, 9.17) is 9.16 Å². The van der Waals surface area contributed by atoms with Gasteiger partial charge in [-0.3, -0.25) is 4.79 Å². The molecule has 0 aromatic heterocycles. The Bertz CT molecular complexity index is 1380. The zero-order chi connectivity index (χ0) is 32.1. The summed E-state index contributed by atoms with van der Waals surface area (Å²) in [6.45, 7) is 8.82. The van der Waals surface area contributed by atoms with Gasteiger partial charge in [-0.25, -0.2) is 4.79 Å². The Labute approximate surface area is 257 Å². The summed E-state index contributed by atoms with van der Waals surface area (Å²) in [4.78, 5) is 30.0. The fraction of sp³-hybridized carbons (Fsp3) is 0.394. The van der Waals surface area contributed by atoms with Crippen molar-refractivity contribution in [2.45, 2.75) is 57.6 Å². The van der Waals surface area contributed by atoms with E-state index >= 15 is 0 Å². The van der Waals surface area contributed by atoms with Gasteiger partial charge in [-0.05, 0) is 34.5 Å². The standard InChI is InChI=1S/C33H39F3N2O5Si/c1-24-30(39)38(21-20-37(24)25-13-12-14-26(23-25)43-33(34,35)36)29(31(40)41-5)19-22-42-44(32(2,3)4,27-15-8-6-9-16-27)28-17-10-7-11-18-28/h6-18,23-24,29H,19-22H2,1-5H3. The molecule has 44 heavy (non-hydrogen) atoms. The van der Waals surface area contributed by atoms with Crippen molar-refractivity contribution in [1.29, 1.82) is 0 Å². The lowest BCUT2D eigenvalue weighted by Crippen LogP contribution is -2.67. The van der Waals surface area contributed by atoms with E-state index in [1.165, 1.54) is 30.2 Å². The number of methoxy groups -OCH3 is 1. The molecule has 7 nitrogen and oxygen atoms in total. The number of ether oxygens (including phenoxy) is 2. The summed E-state index contributed by atoms with van der Waals surface area (Å²) in [6, 6.07) is 24.2. The van der Waals surface area contributed by atoms with Gasteiger partial charge in [0.1, 0.15) is 17.8 Å². The molecule has 11 heteroatoms. The first-order valence-corrected chi connectivity index (χ1v) is 16.4. The fourth-order valence-corrected chi connectivity index (χ4v) is 10.6. The number of alkyl halides is 3. The monoisotopic (exact) mass is 628 g/mol. The molecule has 0 spiro atoms. The Morgan fingerprint density at radius 3 is 2.05 bits per heavy atom. The third-order valence-electron chi connectivity index (χ3n) is 8.05. The molecular weight excluding hydrogens is 589 g/mol. The molecule has 3 aromatic carbocycles. The summed E-state index contributed by atoms with van der Waals surface area (Å²) >= 11 is 0. The van der Waals surface area contributed by atoms with Crippen LogP contribution in [0.25, 0.3) is 0 Å². The molecule has 4 rings (SSSR count). The first-order valence-electron chi connectivity index (χ1n) is 14.5. The van der Waals surface area contributed by atoms with Gasteiger partial charge in [0.2, 0.25) is 5.91 Å². The number of benzene rings is 3. The number of hydrogen-bond acceptors (Lipinski definition) is 6. The number of carbonyl (C=O) groups excluding carboxylic acids is 2. The molecule has 1 fully saturated rings. The second-order valence-electron chi connectivity index (χ2n) is 11.8. The average Bonchev–Trinajstić information content (AvgIpc) is 2.98. The quantitative estimate of drug-likeness (QED) is 0.229. The second kappa shape index (κ2) is 13.4. The van der Waals surface area contributed by atoms with Crippen molar-refractivity contribution in [2.75, 3.05) is 31.7 Å². The van der Waals surface area contributed by atoms with Crippen LogP contribution in [0.5, 0.6) is 5.75 Å². The highest BCUT2D eigenvalue weighted by Crippen LogP contribution is 2.37. The molecule has 1 saturated heterocycles. The number of amides is 1. The second-order valence-corrected chi connectivity index (χ2v) is 16.1. The van der Waals surface area contributed by atoms with E-state index in [0.717, 1.165) is 10.4 Å². The number of piperazine rings is 1. The van der Waals surface area contributed by atoms with E-state index in [2.05, 4.69) is 49.8 Å². The lowest BCUT2D eigenvalue weighted by atomic mass is 10.1. The molecule has 0 aliphatic carbocycles. The third kappa shape index (κ3) is 7.10. The smallest absolute Gasteiger partial charge is 0.467 e. The van der Waals surface area contributed by atoms with Crippen LogP contribution in [0.3, 0.4) is 0 Å². The number of anilines is 1. The summed E-state index contributed by atoms with van der Waals surface area (Å²) in [6.07, 6.45) is -4.62. The van der Waals surface area contributed by atoms with Crippen molar-refractivity contribution in [3.63, 3.8) is 0 Å². The molecule has 1 heterocycles. The summed E-state index contributed by atoms with van der Waals surface area (Å²) in [5.74, 6) is -1.25. The van der Waals surface area contributed by atoms with Gasteiger partial charge in [-0.1, -0.05) is 87.5 Å². The molecule has 2 unspecified atom stereocenters. The van der Waals surface area contributed by atoms with Crippen molar-refractivity contribution in [3.8, 4) is 5.75 Å². The maximum Gasteiger partial charge on any atom is 0.573 e. The van der Waals surface area contributed by atoms with Gasteiger partial charge in [0.05, 0.1) is 7.11 Å². The molecule has 0 radical (unpaired) electrons. The average molecular weight is 629 g/mol. The van der Waals surface area contributed by atoms with Gasteiger partial charge in [-0.2, -0.15) is 0 Å². The van der Waals surface area contributed by atoms with Gasteiger partial charge in [0.25, 0.3) is 8.32 Å². The third-order valence-corrected chi connectivity index (χ3v) is 13.1. The van der Waals surface area contributed by atoms with E-state index < -0.39 is 32.7 Å². The van der Waals surface area contributed by atoms with Crippen molar-refractivity contribution in [2.24, 2.45) is 0 Å². The Kier molecular flexibility index (Phi) is 10.1. The predicted molar refractivity (Wildman–Crippen MR) is 166 cm³/mol. The molecule has 0 saturated carbocycles. The van der Waals surface area contributed by atoms with E-state index in [9.17, 15) is 22.8 Å². The van der Waals surface area contributed by atoms with Crippen LogP contribution < -0.4 is 20.0 Å². The minimum absolute atomic E-state index is 0.173. The topological polar surface area (TPSA) is 68.3 Å². The first-order chi connectivity index (χ1) is 20.8. The summed E-state index contributed by atoms with van der Waals surface area (Å²) in [5, 5.41) is 1.93. The number of rotatable bonds is 10. The summed E-state index contributed by atoms with van der Waals surface area (Å²) in [5.41, 5.74) is 0.414. The normalized spacial score (nSPS) is 16.9. The van der Waals surface area contributed by atoms with Crippen molar-refractivity contribution >= 4 is 36.3 Å².